The van der Waals surface area contributed by atoms with Crippen molar-refractivity contribution in [1.29, 1.82) is 10.5 Å². The van der Waals surface area contributed by atoms with Crippen LogP contribution in [0, 0.1) is 22.7 Å². The zero-order valence-corrected chi connectivity index (χ0v) is 27.4. The maximum Gasteiger partial charge on any atom is 0.153 e. The first kappa shape index (κ1) is 36.4. The minimum absolute atomic E-state index is 0.236. The number of benzene rings is 1. The Bertz CT molecular complexity index is 841. The van der Waals surface area contributed by atoms with Crippen LogP contribution in [0.3, 0.4) is 0 Å². The lowest BCUT2D eigenvalue weighted by Crippen LogP contribution is -2.21. The number of hydrogen-bond acceptors (Lipinski definition) is 8. The third-order valence-corrected chi connectivity index (χ3v) is 8.95. The predicted octanol–water partition coefficient (Wildman–Crippen LogP) is 9.16. The van der Waals surface area contributed by atoms with Crippen molar-refractivity contribution < 1.29 is 18.9 Å². The van der Waals surface area contributed by atoms with Gasteiger partial charge in [-0.3, -0.25) is 0 Å². The van der Waals surface area contributed by atoms with E-state index in [0.29, 0.717) is 24.7 Å². The Morgan fingerprint density at radius 1 is 0.600 bits per heavy atom. The molecule has 2 unspecified atom stereocenters. The predicted molar refractivity (Wildman–Crippen MR) is 168 cm³/mol. The first-order valence-electron chi connectivity index (χ1n) is 15.1. The van der Waals surface area contributed by atoms with E-state index >= 15 is 0 Å². The highest BCUT2D eigenvalue weighted by Gasteiger charge is 2.29. The lowest BCUT2D eigenvalue weighted by atomic mass is 10.1. The number of nitriles is 2. The summed E-state index contributed by atoms with van der Waals surface area (Å²) in [6, 6.07) is 4.55. The van der Waals surface area contributed by atoms with Crippen molar-refractivity contribution in [3.05, 3.63) is 11.1 Å². The number of ether oxygens (including phenoxy) is 4. The van der Waals surface area contributed by atoms with Crippen LogP contribution in [-0.4, -0.2) is 51.1 Å². The van der Waals surface area contributed by atoms with Gasteiger partial charge in [-0.2, -0.15) is 10.5 Å². The van der Waals surface area contributed by atoms with Crippen molar-refractivity contribution in [2.75, 3.05) is 38.9 Å². The van der Waals surface area contributed by atoms with Crippen LogP contribution < -0.4 is 9.47 Å². The van der Waals surface area contributed by atoms with Gasteiger partial charge in [0, 0.05) is 14.2 Å². The molecule has 0 N–H and O–H groups in total. The summed E-state index contributed by atoms with van der Waals surface area (Å²) < 4.78 is 23.4. The van der Waals surface area contributed by atoms with Crippen LogP contribution in [0.2, 0.25) is 0 Å². The molecule has 40 heavy (non-hydrogen) atoms. The van der Waals surface area contributed by atoms with E-state index < -0.39 is 0 Å². The molecule has 1 rings (SSSR count). The molecule has 0 saturated heterocycles. The Morgan fingerprint density at radius 2 is 0.950 bits per heavy atom. The molecule has 0 aliphatic carbocycles. The van der Waals surface area contributed by atoms with Gasteiger partial charge >= 0.3 is 0 Å². The van der Waals surface area contributed by atoms with Crippen LogP contribution in [0.5, 0.6) is 11.5 Å². The molecule has 0 fully saturated rings. The lowest BCUT2D eigenvalue weighted by Gasteiger charge is -2.25. The standard InChI is InChI=1S/C32H52N2O4S2/c1-7-9-11-13-15-17-19-39-31-29(37-25(3)23-35-5)27(21-33)28(22-34)30(38-26(4)24-36-6)32(31)40-20-18-16-14-12-10-8-2/h25-26H,7-20,23-24H2,1-6H3. The minimum Gasteiger partial charge on any atom is -0.486 e. The van der Waals surface area contributed by atoms with E-state index in [2.05, 4.69) is 26.0 Å². The molecule has 0 amide bonds. The van der Waals surface area contributed by atoms with Crippen LogP contribution in [0.15, 0.2) is 9.79 Å². The van der Waals surface area contributed by atoms with E-state index in [9.17, 15) is 10.5 Å². The molecular weight excluding hydrogens is 540 g/mol. The molecule has 0 bridgehead atoms. The highest BCUT2D eigenvalue weighted by atomic mass is 32.2. The SMILES string of the molecule is CCCCCCCCSc1c(OC(C)COC)c(C#N)c(C#N)c(OC(C)COC)c1SCCCCCCCC. The zero-order valence-electron chi connectivity index (χ0n) is 25.8. The molecule has 1 aromatic carbocycles. The maximum atomic E-state index is 10.3. The molecule has 0 aliphatic heterocycles. The molecule has 6 nitrogen and oxygen atoms in total. The van der Waals surface area contributed by atoms with Gasteiger partial charge < -0.3 is 18.9 Å². The fourth-order valence-corrected chi connectivity index (χ4v) is 6.88. The summed E-state index contributed by atoms with van der Waals surface area (Å²) in [4.78, 5) is 1.81. The molecule has 0 radical (unpaired) electrons. The van der Waals surface area contributed by atoms with E-state index in [4.69, 9.17) is 18.9 Å². The molecule has 0 aromatic heterocycles. The Kier molecular flexibility index (Phi) is 21.0. The third kappa shape index (κ3) is 13.4. The number of methoxy groups -OCH3 is 2. The smallest absolute Gasteiger partial charge is 0.153 e. The topological polar surface area (TPSA) is 84.5 Å². The van der Waals surface area contributed by atoms with Gasteiger partial charge in [0.05, 0.1) is 23.0 Å². The van der Waals surface area contributed by atoms with Crippen molar-refractivity contribution in [3.63, 3.8) is 0 Å². The molecular formula is C32H52N2O4S2. The fraction of sp³-hybridized carbons (Fsp3) is 0.750. The molecule has 0 aliphatic rings. The normalized spacial score (nSPS) is 12.5. The monoisotopic (exact) mass is 592 g/mol. The molecule has 0 spiro atoms. The summed E-state index contributed by atoms with van der Waals surface area (Å²) in [7, 11) is 3.27. The number of unbranched alkanes of at least 4 members (excludes halogenated alkanes) is 10. The van der Waals surface area contributed by atoms with Gasteiger partial charge in [0.25, 0.3) is 0 Å². The van der Waals surface area contributed by atoms with Crippen molar-refractivity contribution >= 4 is 23.5 Å². The average molecular weight is 593 g/mol. The highest BCUT2D eigenvalue weighted by Crippen LogP contribution is 2.49. The molecule has 8 heteroatoms. The Hall–Kier alpha value is -1.58. The lowest BCUT2D eigenvalue weighted by molar-refractivity contribution is 0.0858. The molecule has 0 heterocycles. The Balaban J connectivity index is 3.46. The minimum atomic E-state index is -0.271. The van der Waals surface area contributed by atoms with Gasteiger partial charge in [-0.05, 0) is 38.2 Å². The van der Waals surface area contributed by atoms with Crippen LogP contribution in [0.25, 0.3) is 0 Å². The molecule has 226 valence electrons. The summed E-state index contributed by atoms with van der Waals surface area (Å²) in [5.74, 6) is 2.79. The van der Waals surface area contributed by atoms with Gasteiger partial charge in [-0.25, -0.2) is 0 Å². The van der Waals surface area contributed by atoms with Crippen LogP contribution in [0.4, 0.5) is 0 Å². The van der Waals surface area contributed by atoms with Gasteiger partial charge in [-0.15, -0.1) is 23.5 Å². The van der Waals surface area contributed by atoms with Gasteiger partial charge in [0.15, 0.2) is 11.5 Å². The Morgan fingerprint density at radius 3 is 1.27 bits per heavy atom. The van der Waals surface area contributed by atoms with Gasteiger partial charge in [0.2, 0.25) is 0 Å². The third-order valence-electron chi connectivity index (χ3n) is 6.48. The Labute approximate surface area is 252 Å². The summed E-state index contributed by atoms with van der Waals surface area (Å²) in [5.41, 5.74) is 0.471. The second kappa shape index (κ2) is 23.0. The van der Waals surface area contributed by atoms with Crippen LogP contribution in [-0.2, 0) is 9.47 Å². The molecule has 0 saturated carbocycles. The number of thioether (sulfide) groups is 2. The first-order valence-corrected chi connectivity index (χ1v) is 17.1. The van der Waals surface area contributed by atoms with Crippen molar-refractivity contribution in [1.82, 2.24) is 0 Å². The average Bonchev–Trinajstić information content (AvgIpc) is 2.93. The van der Waals surface area contributed by atoms with E-state index in [1.807, 2.05) is 13.8 Å². The second-order valence-electron chi connectivity index (χ2n) is 10.3. The fourth-order valence-electron chi connectivity index (χ4n) is 4.41. The summed E-state index contributed by atoms with van der Waals surface area (Å²) in [5, 5.41) is 20.5. The molecule has 2 atom stereocenters. The van der Waals surface area contributed by atoms with Crippen LogP contribution >= 0.6 is 23.5 Å². The van der Waals surface area contributed by atoms with Crippen molar-refractivity contribution in [2.24, 2.45) is 0 Å². The summed E-state index contributed by atoms with van der Waals surface area (Å²) in [6.07, 6.45) is 14.0. The van der Waals surface area contributed by atoms with E-state index in [1.54, 1.807) is 37.7 Å². The first-order chi connectivity index (χ1) is 19.5. The maximum absolute atomic E-state index is 10.3. The van der Waals surface area contributed by atoms with Gasteiger partial charge in [0.1, 0.15) is 35.5 Å². The second-order valence-corrected chi connectivity index (χ2v) is 12.5. The quantitative estimate of drug-likeness (QED) is 0.0867. The van der Waals surface area contributed by atoms with E-state index in [-0.39, 0.29) is 23.3 Å². The van der Waals surface area contributed by atoms with Crippen molar-refractivity contribution in [2.45, 2.75) is 127 Å². The number of rotatable bonds is 24. The number of hydrogen-bond donors (Lipinski definition) is 0. The summed E-state index contributed by atoms with van der Waals surface area (Å²) in [6.45, 7) is 9.09. The zero-order chi connectivity index (χ0) is 29.6. The van der Waals surface area contributed by atoms with E-state index in [0.717, 1.165) is 34.1 Å². The van der Waals surface area contributed by atoms with Crippen molar-refractivity contribution in [3.8, 4) is 23.6 Å². The summed E-state index contributed by atoms with van der Waals surface area (Å²) >= 11 is 3.43. The largest absolute Gasteiger partial charge is 0.486 e. The molecule has 1 aromatic rings. The number of nitrogens with zero attached hydrogens (tertiary/aromatic N) is 2. The van der Waals surface area contributed by atoms with Gasteiger partial charge in [-0.1, -0.05) is 78.1 Å². The van der Waals surface area contributed by atoms with Crippen LogP contribution in [0.1, 0.15) is 116 Å². The highest BCUT2D eigenvalue weighted by molar-refractivity contribution is 8.02. The van der Waals surface area contributed by atoms with E-state index in [1.165, 1.54) is 64.2 Å².